The largest absolute Gasteiger partial charge is 0.507 e. The zero-order chi connectivity index (χ0) is 20.1. The van der Waals surface area contributed by atoms with Gasteiger partial charge in [-0.2, -0.15) is 0 Å². The first-order valence-corrected chi connectivity index (χ1v) is 7.60. The number of amides is 1. The molecule has 0 saturated carbocycles. The smallest absolute Gasteiger partial charge is 0.346 e. The first-order valence-electron chi connectivity index (χ1n) is 7.22. The molecule has 0 fully saturated rings. The molecule has 0 spiro atoms. The van der Waals surface area contributed by atoms with Gasteiger partial charge in [-0.1, -0.05) is 11.6 Å². The highest BCUT2D eigenvalue weighted by molar-refractivity contribution is 6.32. The molecule has 0 unspecified atom stereocenters. The van der Waals surface area contributed by atoms with E-state index in [1.54, 1.807) is 0 Å². The number of nitrogens with one attached hydrogen (secondary N) is 1. The Morgan fingerprint density at radius 1 is 1.11 bits per heavy atom. The monoisotopic (exact) mass is 395 g/mol. The molecule has 0 radical (unpaired) electrons. The van der Waals surface area contributed by atoms with Crippen LogP contribution in [0.3, 0.4) is 0 Å². The number of methoxy groups -OCH3 is 1. The Balaban J connectivity index is 2.32. The minimum absolute atomic E-state index is 0.0809. The predicted molar refractivity (Wildman–Crippen MR) is 95.2 cm³/mol. The lowest BCUT2D eigenvalue weighted by atomic mass is 10.1. The molecule has 10 heteroatoms. The number of phenols is 4. The number of hydrogen-bond donors (Lipinski definition) is 5. The maximum absolute atomic E-state index is 12.0. The Labute approximate surface area is 157 Å². The number of esters is 1. The lowest BCUT2D eigenvalue weighted by Gasteiger charge is -2.12. The van der Waals surface area contributed by atoms with E-state index in [9.17, 15) is 30.0 Å². The molecule has 27 heavy (non-hydrogen) atoms. The van der Waals surface area contributed by atoms with Crippen LogP contribution in [-0.4, -0.2) is 39.9 Å². The predicted octanol–water partition coefficient (Wildman–Crippen LogP) is 2.57. The normalized spacial score (nSPS) is 10.6. The molecular formula is C17H14ClNO8. The van der Waals surface area contributed by atoms with Gasteiger partial charge >= 0.3 is 5.97 Å². The van der Waals surface area contributed by atoms with Crippen molar-refractivity contribution in [3.63, 3.8) is 0 Å². The molecule has 2 rings (SSSR count). The third-order valence-electron chi connectivity index (χ3n) is 3.38. The average molecular weight is 396 g/mol. The van der Waals surface area contributed by atoms with Gasteiger partial charge in [-0.25, -0.2) is 4.79 Å². The van der Waals surface area contributed by atoms with E-state index in [4.69, 9.17) is 21.1 Å². The van der Waals surface area contributed by atoms with Gasteiger partial charge < -0.3 is 35.2 Å². The van der Waals surface area contributed by atoms with Crippen molar-refractivity contribution in [3.05, 3.63) is 40.6 Å². The van der Waals surface area contributed by atoms with Crippen LogP contribution in [0, 0.1) is 0 Å². The standard InChI is InChI=1S/C17H14ClNO8/c1-26-16-8(15(24)11(19-7-20)5-14(16)23)2-3-27-17(25)9-4-10(18)13(22)6-12(9)21/h2-7,21-24H,1H3,(H,19,20)/b3-2-. The second-order valence-corrected chi connectivity index (χ2v) is 5.44. The van der Waals surface area contributed by atoms with Crippen molar-refractivity contribution in [3.8, 4) is 28.7 Å². The van der Waals surface area contributed by atoms with Crippen LogP contribution in [0.15, 0.2) is 24.5 Å². The molecule has 5 N–H and O–H groups in total. The van der Waals surface area contributed by atoms with Crippen molar-refractivity contribution >= 4 is 35.7 Å². The first kappa shape index (κ1) is 19.7. The number of aromatic hydroxyl groups is 4. The first-order chi connectivity index (χ1) is 12.8. The number of phenolic OH excluding ortho intramolecular Hbond substituents is 4. The Bertz CT molecular complexity index is 926. The maximum Gasteiger partial charge on any atom is 0.346 e. The number of benzene rings is 2. The highest BCUT2D eigenvalue weighted by atomic mass is 35.5. The molecule has 0 atom stereocenters. The van der Waals surface area contributed by atoms with Gasteiger partial charge in [0.25, 0.3) is 0 Å². The van der Waals surface area contributed by atoms with Gasteiger partial charge in [0, 0.05) is 12.1 Å². The molecule has 0 aromatic heterocycles. The lowest BCUT2D eigenvalue weighted by molar-refractivity contribution is -0.105. The van der Waals surface area contributed by atoms with E-state index >= 15 is 0 Å². The van der Waals surface area contributed by atoms with E-state index in [0.717, 1.165) is 30.5 Å². The van der Waals surface area contributed by atoms with Crippen molar-refractivity contribution < 1.29 is 39.5 Å². The van der Waals surface area contributed by atoms with E-state index < -0.39 is 23.2 Å². The number of hydrogen-bond acceptors (Lipinski definition) is 8. The number of ether oxygens (including phenoxy) is 2. The van der Waals surface area contributed by atoms with E-state index in [1.165, 1.54) is 7.11 Å². The quantitative estimate of drug-likeness (QED) is 0.165. The number of carbonyl (C=O) groups excluding carboxylic acids is 2. The third-order valence-corrected chi connectivity index (χ3v) is 3.68. The molecule has 0 bridgehead atoms. The molecule has 142 valence electrons. The van der Waals surface area contributed by atoms with E-state index in [2.05, 4.69) is 5.32 Å². The molecule has 2 aromatic rings. The maximum atomic E-state index is 12.0. The topological polar surface area (TPSA) is 146 Å². The summed E-state index contributed by atoms with van der Waals surface area (Å²) in [5.41, 5.74) is -0.488. The van der Waals surface area contributed by atoms with Crippen LogP contribution < -0.4 is 10.1 Å². The Morgan fingerprint density at radius 2 is 1.81 bits per heavy atom. The number of halogens is 1. The Morgan fingerprint density at radius 3 is 2.44 bits per heavy atom. The summed E-state index contributed by atoms with van der Waals surface area (Å²) in [6, 6.07) is 2.97. The molecule has 9 nitrogen and oxygen atoms in total. The fourth-order valence-electron chi connectivity index (χ4n) is 2.15. The van der Waals surface area contributed by atoms with E-state index in [1.807, 2.05) is 0 Å². The zero-order valence-electron chi connectivity index (χ0n) is 13.8. The zero-order valence-corrected chi connectivity index (χ0v) is 14.5. The summed E-state index contributed by atoms with van der Waals surface area (Å²) in [4.78, 5) is 22.6. The highest BCUT2D eigenvalue weighted by Gasteiger charge is 2.18. The van der Waals surface area contributed by atoms with Crippen LogP contribution in [0.25, 0.3) is 6.08 Å². The van der Waals surface area contributed by atoms with Crippen LogP contribution in [0.4, 0.5) is 5.69 Å². The fourth-order valence-corrected chi connectivity index (χ4v) is 2.31. The van der Waals surface area contributed by atoms with Crippen LogP contribution in [-0.2, 0) is 9.53 Å². The van der Waals surface area contributed by atoms with Gasteiger partial charge in [0.1, 0.15) is 22.8 Å². The summed E-state index contributed by atoms with van der Waals surface area (Å²) in [7, 11) is 1.24. The molecule has 1 amide bonds. The molecule has 0 saturated heterocycles. The van der Waals surface area contributed by atoms with Crippen molar-refractivity contribution in [1.29, 1.82) is 0 Å². The van der Waals surface area contributed by atoms with Gasteiger partial charge in [0.2, 0.25) is 6.41 Å². The van der Waals surface area contributed by atoms with Crippen LogP contribution in [0.5, 0.6) is 28.7 Å². The van der Waals surface area contributed by atoms with E-state index in [-0.39, 0.29) is 33.3 Å². The fraction of sp³-hybridized carbons (Fsp3) is 0.0588. The van der Waals surface area contributed by atoms with Crippen LogP contribution in [0.2, 0.25) is 5.02 Å². The van der Waals surface area contributed by atoms with E-state index in [0.29, 0.717) is 6.41 Å². The van der Waals surface area contributed by atoms with Gasteiger partial charge in [-0.05, 0) is 12.1 Å². The summed E-state index contributed by atoms with van der Waals surface area (Å²) in [5.74, 6) is -2.92. The molecule has 0 aliphatic rings. The summed E-state index contributed by atoms with van der Waals surface area (Å²) in [6.45, 7) is 0. The SMILES string of the molecule is COc1c(O)cc(NC=O)c(O)c1/C=C\OC(=O)c1cc(Cl)c(O)cc1O. The summed E-state index contributed by atoms with van der Waals surface area (Å²) < 4.78 is 9.82. The molecule has 0 aliphatic heterocycles. The molecule has 0 aliphatic carbocycles. The second kappa shape index (κ2) is 8.19. The van der Waals surface area contributed by atoms with Gasteiger partial charge in [-0.3, -0.25) is 4.79 Å². The molecular weight excluding hydrogens is 382 g/mol. The summed E-state index contributed by atoms with van der Waals surface area (Å²) in [5, 5.41) is 41.1. The lowest BCUT2D eigenvalue weighted by Crippen LogP contribution is -2.01. The van der Waals surface area contributed by atoms with Gasteiger partial charge in [-0.15, -0.1) is 0 Å². The Kier molecular flexibility index (Phi) is 5.99. The Hall–Kier alpha value is -3.59. The summed E-state index contributed by atoms with van der Waals surface area (Å²) >= 11 is 5.69. The minimum atomic E-state index is -1.00. The third kappa shape index (κ3) is 4.15. The molecule has 0 heterocycles. The minimum Gasteiger partial charge on any atom is -0.507 e. The van der Waals surface area contributed by atoms with Crippen molar-refractivity contribution in [1.82, 2.24) is 0 Å². The number of rotatable bonds is 6. The van der Waals surface area contributed by atoms with Crippen molar-refractivity contribution in [2.75, 3.05) is 12.4 Å². The van der Waals surface area contributed by atoms with Gasteiger partial charge in [0.15, 0.2) is 11.5 Å². The highest BCUT2D eigenvalue weighted by Crippen LogP contribution is 2.42. The van der Waals surface area contributed by atoms with Crippen molar-refractivity contribution in [2.45, 2.75) is 0 Å². The number of anilines is 1. The molecule has 2 aromatic carbocycles. The second-order valence-electron chi connectivity index (χ2n) is 5.03. The van der Waals surface area contributed by atoms with Gasteiger partial charge in [0.05, 0.1) is 29.6 Å². The van der Waals surface area contributed by atoms with Crippen LogP contribution >= 0.6 is 11.6 Å². The van der Waals surface area contributed by atoms with Crippen molar-refractivity contribution in [2.24, 2.45) is 0 Å². The number of carbonyl (C=O) groups is 2. The summed E-state index contributed by atoms with van der Waals surface area (Å²) in [6.07, 6.45) is 2.26. The van der Waals surface area contributed by atoms with Crippen LogP contribution in [0.1, 0.15) is 15.9 Å². The average Bonchev–Trinajstić information content (AvgIpc) is 2.62.